The van der Waals surface area contributed by atoms with Crippen LogP contribution in [-0.4, -0.2) is 40.9 Å². The summed E-state index contributed by atoms with van der Waals surface area (Å²) in [5.41, 5.74) is 3.28. The molecule has 0 aliphatic carbocycles. The SMILES string of the molecule is CCNC(=NCc1cc(OC)c(OC)c(OC)c1)NCc1ccc(COC)cc1. The van der Waals surface area contributed by atoms with Gasteiger partial charge in [-0.3, -0.25) is 0 Å². The number of aliphatic imine (C=N–C) groups is 1. The van der Waals surface area contributed by atoms with E-state index in [-0.39, 0.29) is 0 Å². The highest BCUT2D eigenvalue weighted by atomic mass is 16.5. The molecule has 0 aliphatic heterocycles. The van der Waals surface area contributed by atoms with Gasteiger partial charge in [-0.25, -0.2) is 4.99 Å². The Hall–Kier alpha value is -2.93. The van der Waals surface area contributed by atoms with Gasteiger partial charge in [0.25, 0.3) is 0 Å². The van der Waals surface area contributed by atoms with Crippen LogP contribution >= 0.6 is 0 Å². The molecule has 2 rings (SSSR count). The van der Waals surface area contributed by atoms with Crippen molar-refractivity contribution in [1.82, 2.24) is 10.6 Å². The zero-order chi connectivity index (χ0) is 21.1. The molecular formula is C22H31N3O4. The molecule has 0 aromatic heterocycles. The van der Waals surface area contributed by atoms with Crippen LogP contribution in [-0.2, 0) is 24.4 Å². The first-order chi connectivity index (χ1) is 14.1. The van der Waals surface area contributed by atoms with Gasteiger partial charge in [-0.1, -0.05) is 24.3 Å². The third-order valence-corrected chi connectivity index (χ3v) is 4.28. The number of methoxy groups -OCH3 is 4. The lowest BCUT2D eigenvalue weighted by atomic mass is 10.1. The minimum atomic E-state index is 0.471. The number of nitrogens with zero attached hydrogens (tertiary/aromatic N) is 1. The van der Waals surface area contributed by atoms with Crippen LogP contribution in [0.15, 0.2) is 41.4 Å². The Labute approximate surface area is 173 Å². The van der Waals surface area contributed by atoms with Crippen LogP contribution in [0.5, 0.6) is 17.2 Å². The Balaban J connectivity index is 2.08. The van der Waals surface area contributed by atoms with Crippen molar-refractivity contribution >= 4 is 5.96 Å². The predicted molar refractivity (Wildman–Crippen MR) is 115 cm³/mol. The first-order valence-corrected chi connectivity index (χ1v) is 9.52. The molecule has 0 spiro atoms. The minimum Gasteiger partial charge on any atom is -0.493 e. The zero-order valence-corrected chi connectivity index (χ0v) is 17.9. The molecule has 2 aromatic carbocycles. The maximum atomic E-state index is 5.41. The largest absolute Gasteiger partial charge is 0.493 e. The van der Waals surface area contributed by atoms with Crippen molar-refractivity contribution in [1.29, 1.82) is 0 Å². The molecule has 0 bridgehead atoms. The van der Waals surface area contributed by atoms with Crippen molar-refractivity contribution in [3.05, 3.63) is 53.1 Å². The number of guanidine groups is 1. The molecule has 0 heterocycles. The molecule has 0 atom stereocenters. The highest BCUT2D eigenvalue weighted by molar-refractivity contribution is 5.79. The van der Waals surface area contributed by atoms with Crippen LogP contribution in [0.4, 0.5) is 0 Å². The van der Waals surface area contributed by atoms with E-state index in [4.69, 9.17) is 18.9 Å². The topological polar surface area (TPSA) is 73.3 Å². The Morgan fingerprint density at radius 1 is 0.828 bits per heavy atom. The van der Waals surface area contributed by atoms with E-state index in [2.05, 4.69) is 39.9 Å². The molecule has 2 aromatic rings. The third kappa shape index (κ3) is 6.57. The summed E-state index contributed by atoms with van der Waals surface area (Å²) in [6.45, 7) is 4.57. The summed E-state index contributed by atoms with van der Waals surface area (Å²) < 4.78 is 21.3. The number of benzene rings is 2. The lowest BCUT2D eigenvalue weighted by Gasteiger charge is -2.14. The fraction of sp³-hybridized carbons (Fsp3) is 0.409. The van der Waals surface area contributed by atoms with Gasteiger partial charge in [-0.15, -0.1) is 0 Å². The quantitative estimate of drug-likeness (QED) is 0.471. The van der Waals surface area contributed by atoms with Crippen molar-refractivity contribution in [2.45, 2.75) is 26.6 Å². The molecule has 29 heavy (non-hydrogen) atoms. The maximum Gasteiger partial charge on any atom is 0.203 e. The number of nitrogens with one attached hydrogen (secondary N) is 2. The van der Waals surface area contributed by atoms with Gasteiger partial charge in [0.1, 0.15) is 0 Å². The number of hydrogen-bond acceptors (Lipinski definition) is 5. The molecule has 0 radical (unpaired) electrons. The molecule has 0 aliphatic rings. The van der Waals surface area contributed by atoms with Gasteiger partial charge in [-0.05, 0) is 35.7 Å². The van der Waals surface area contributed by atoms with E-state index >= 15 is 0 Å². The second-order valence-corrected chi connectivity index (χ2v) is 6.33. The normalized spacial score (nSPS) is 11.1. The Kier molecular flexibility index (Phi) is 9.11. The van der Waals surface area contributed by atoms with Gasteiger partial charge in [0.05, 0.1) is 34.5 Å². The summed E-state index contributed by atoms with van der Waals surface area (Å²) in [7, 11) is 6.50. The van der Waals surface area contributed by atoms with Crippen molar-refractivity contribution in [2.75, 3.05) is 35.0 Å². The molecule has 0 amide bonds. The van der Waals surface area contributed by atoms with E-state index in [9.17, 15) is 0 Å². The van der Waals surface area contributed by atoms with Crippen LogP contribution in [0, 0.1) is 0 Å². The average molecular weight is 402 g/mol. The molecule has 0 fully saturated rings. The van der Waals surface area contributed by atoms with E-state index in [1.54, 1.807) is 28.4 Å². The van der Waals surface area contributed by atoms with Crippen LogP contribution < -0.4 is 24.8 Å². The Morgan fingerprint density at radius 3 is 1.97 bits per heavy atom. The van der Waals surface area contributed by atoms with Gasteiger partial charge < -0.3 is 29.6 Å². The van der Waals surface area contributed by atoms with E-state index in [1.807, 2.05) is 19.1 Å². The van der Waals surface area contributed by atoms with Gasteiger partial charge >= 0.3 is 0 Å². The number of rotatable bonds is 10. The van der Waals surface area contributed by atoms with Crippen LogP contribution in [0.2, 0.25) is 0 Å². The fourth-order valence-corrected chi connectivity index (χ4v) is 2.84. The highest BCUT2D eigenvalue weighted by Gasteiger charge is 2.13. The van der Waals surface area contributed by atoms with Gasteiger partial charge in [0.2, 0.25) is 5.75 Å². The van der Waals surface area contributed by atoms with Gasteiger partial charge in [0, 0.05) is 20.2 Å². The molecular weight excluding hydrogens is 370 g/mol. The van der Waals surface area contributed by atoms with Crippen LogP contribution in [0.1, 0.15) is 23.6 Å². The summed E-state index contributed by atoms with van der Waals surface area (Å²) in [5, 5.41) is 6.63. The first kappa shape index (κ1) is 22.4. The molecule has 0 saturated carbocycles. The van der Waals surface area contributed by atoms with Gasteiger partial charge in [0.15, 0.2) is 17.5 Å². The highest BCUT2D eigenvalue weighted by Crippen LogP contribution is 2.38. The molecule has 0 saturated heterocycles. The zero-order valence-electron chi connectivity index (χ0n) is 17.9. The summed E-state index contributed by atoms with van der Waals surface area (Å²) in [6, 6.07) is 12.1. The minimum absolute atomic E-state index is 0.471. The molecule has 158 valence electrons. The predicted octanol–water partition coefficient (Wildman–Crippen LogP) is 3.11. The second-order valence-electron chi connectivity index (χ2n) is 6.33. The molecule has 7 nitrogen and oxygen atoms in total. The monoisotopic (exact) mass is 401 g/mol. The first-order valence-electron chi connectivity index (χ1n) is 9.52. The standard InChI is InChI=1S/C22H31N3O4/c1-6-23-22(24-13-16-7-9-17(10-8-16)15-26-2)25-14-18-11-19(27-3)21(29-5)20(12-18)28-4/h7-12H,6,13-15H2,1-5H3,(H2,23,24,25). The molecule has 0 unspecified atom stereocenters. The van der Waals surface area contributed by atoms with Crippen molar-refractivity contribution in [2.24, 2.45) is 4.99 Å². The van der Waals surface area contributed by atoms with E-state index < -0.39 is 0 Å². The summed E-state index contributed by atoms with van der Waals surface area (Å²) in [4.78, 5) is 4.67. The lowest BCUT2D eigenvalue weighted by molar-refractivity contribution is 0.185. The second kappa shape index (κ2) is 11.8. The Bertz CT molecular complexity index is 766. The summed E-state index contributed by atoms with van der Waals surface area (Å²) in [6.07, 6.45) is 0. The summed E-state index contributed by atoms with van der Waals surface area (Å²) >= 11 is 0. The smallest absolute Gasteiger partial charge is 0.203 e. The van der Waals surface area contributed by atoms with E-state index in [1.165, 1.54) is 5.56 Å². The molecule has 2 N–H and O–H groups in total. The van der Waals surface area contributed by atoms with Crippen LogP contribution in [0.25, 0.3) is 0 Å². The Morgan fingerprint density at radius 2 is 1.45 bits per heavy atom. The van der Waals surface area contributed by atoms with Gasteiger partial charge in [-0.2, -0.15) is 0 Å². The number of hydrogen-bond donors (Lipinski definition) is 2. The average Bonchev–Trinajstić information content (AvgIpc) is 2.76. The van der Waals surface area contributed by atoms with Crippen LogP contribution in [0.3, 0.4) is 0 Å². The van der Waals surface area contributed by atoms with Crippen molar-refractivity contribution < 1.29 is 18.9 Å². The third-order valence-electron chi connectivity index (χ3n) is 4.28. The lowest BCUT2D eigenvalue weighted by Crippen LogP contribution is -2.36. The fourth-order valence-electron chi connectivity index (χ4n) is 2.84. The maximum absolute atomic E-state index is 5.41. The summed E-state index contributed by atoms with van der Waals surface area (Å²) in [5.74, 6) is 2.55. The van der Waals surface area contributed by atoms with Crippen molar-refractivity contribution in [3.8, 4) is 17.2 Å². The molecule has 7 heteroatoms. The van der Waals surface area contributed by atoms with Crippen molar-refractivity contribution in [3.63, 3.8) is 0 Å². The van der Waals surface area contributed by atoms with E-state index in [0.29, 0.717) is 36.9 Å². The number of ether oxygens (including phenoxy) is 4. The van der Waals surface area contributed by atoms with E-state index in [0.717, 1.165) is 23.6 Å².